The molecule has 25 heavy (non-hydrogen) atoms. The van der Waals surface area contributed by atoms with Gasteiger partial charge in [-0.2, -0.15) is 9.78 Å². The molecule has 0 radical (unpaired) electrons. The van der Waals surface area contributed by atoms with E-state index in [4.69, 9.17) is 23.2 Å². The fraction of sp³-hybridized carbons (Fsp3) is 0.0556. The van der Waals surface area contributed by atoms with Gasteiger partial charge in [0.1, 0.15) is 17.4 Å². The van der Waals surface area contributed by atoms with E-state index in [9.17, 15) is 4.79 Å². The van der Waals surface area contributed by atoms with E-state index >= 15 is 0 Å². The second kappa shape index (κ2) is 6.02. The highest BCUT2D eigenvalue weighted by atomic mass is 35.5. The van der Waals surface area contributed by atoms with E-state index in [1.54, 1.807) is 18.2 Å². The predicted octanol–water partition coefficient (Wildman–Crippen LogP) is 4.38. The smallest absolute Gasteiger partial charge is 0.298 e. The lowest BCUT2D eigenvalue weighted by Crippen LogP contribution is -2.17. The molecular weight excluding hydrogens is 359 g/mol. The lowest BCUT2D eigenvalue weighted by Gasteiger charge is -2.00. The second-order valence-electron chi connectivity index (χ2n) is 5.70. The molecule has 0 saturated carbocycles. The number of hydrogen-bond donors (Lipinski definition) is 1. The van der Waals surface area contributed by atoms with Gasteiger partial charge in [0.25, 0.3) is 5.56 Å². The van der Waals surface area contributed by atoms with Crippen molar-refractivity contribution in [3.63, 3.8) is 0 Å². The number of fused-ring (bicyclic) bond motifs is 3. The van der Waals surface area contributed by atoms with Crippen molar-refractivity contribution in [2.75, 3.05) is 0 Å². The first-order valence-electron chi connectivity index (χ1n) is 7.52. The minimum absolute atomic E-state index is 0.278. The maximum Gasteiger partial charge on any atom is 0.298 e. The first-order valence-corrected chi connectivity index (χ1v) is 8.27. The predicted molar refractivity (Wildman–Crippen MR) is 102 cm³/mol. The number of benzene rings is 2. The van der Waals surface area contributed by atoms with E-state index < -0.39 is 0 Å². The number of aromatic amines is 1. The van der Waals surface area contributed by atoms with Crippen LogP contribution in [0.2, 0.25) is 10.0 Å². The first-order chi connectivity index (χ1) is 12.0. The number of rotatable bonds is 2. The highest BCUT2D eigenvalue weighted by Crippen LogP contribution is 2.22. The van der Waals surface area contributed by atoms with Crippen LogP contribution < -0.4 is 5.56 Å². The monoisotopic (exact) mass is 370 g/mol. The van der Waals surface area contributed by atoms with Crippen LogP contribution in [0.25, 0.3) is 21.9 Å². The Morgan fingerprint density at radius 2 is 2.04 bits per heavy atom. The van der Waals surface area contributed by atoms with Gasteiger partial charge in [-0.1, -0.05) is 40.9 Å². The van der Waals surface area contributed by atoms with Crippen LogP contribution in [0.5, 0.6) is 0 Å². The average Bonchev–Trinajstić information content (AvgIpc) is 2.94. The van der Waals surface area contributed by atoms with Gasteiger partial charge in [0, 0.05) is 21.5 Å². The molecule has 0 saturated heterocycles. The Balaban J connectivity index is 1.83. The lowest BCUT2D eigenvalue weighted by molar-refractivity contribution is 0.815. The number of aromatic nitrogens is 3. The van der Waals surface area contributed by atoms with Gasteiger partial charge in [-0.15, -0.1) is 0 Å². The van der Waals surface area contributed by atoms with Crippen LogP contribution in [0.1, 0.15) is 11.1 Å². The highest BCUT2D eigenvalue weighted by Gasteiger charge is 2.10. The van der Waals surface area contributed by atoms with Gasteiger partial charge in [0.05, 0.1) is 11.2 Å². The molecule has 0 fully saturated rings. The summed E-state index contributed by atoms with van der Waals surface area (Å²) in [5.74, 6) is 0. The SMILES string of the molecule is Cc1ccc2[nH]c3c(=O)n(/N=C\c4ccc(Cl)cc4Cl)cnc3c2c1. The van der Waals surface area contributed by atoms with Gasteiger partial charge in [0.15, 0.2) is 0 Å². The van der Waals surface area contributed by atoms with Crippen LogP contribution in [0.15, 0.2) is 52.6 Å². The third kappa shape index (κ3) is 2.81. The molecule has 0 atom stereocenters. The Kier molecular flexibility index (Phi) is 3.82. The number of hydrogen-bond acceptors (Lipinski definition) is 3. The molecule has 0 spiro atoms. The largest absolute Gasteiger partial charge is 0.349 e. The summed E-state index contributed by atoms with van der Waals surface area (Å²) < 4.78 is 1.18. The maximum absolute atomic E-state index is 12.7. The van der Waals surface area contributed by atoms with Gasteiger partial charge in [-0.3, -0.25) is 4.79 Å². The van der Waals surface area contributed by atoms with Crippen molar-refractivity contribution in [1.29, 1.82) is 0 Å². The van der Waals surface area contributed by atoms with Crippen LogP contribution in [-0.4, -0.2) is 20.9 Å². The minimum atomic E-state index is -0.278. The van der Waals surface area contributed by atoms with Crippen molar-refractivity contribution < 1.29 is 0 Å². The average molecular weight is 371 g/mol. The molecular formula is C18H12Cl2N4O. The molecule has 0 aliphatic heterocycles. The normalized spacial score (nSPS) is 11.8. The first kappa shape index (κ1) is 15.9. The highest BCUT2D eigenvalue weighted by molar-refractivity contribution is 6.36. The van der Waals surface area contributed by atoms with Crippen LogP contribution in [-0.2, 0) is 0 Å². The van der Waals surface area contributed by atoms with E-state index in [0.717, 1.165) is 16.5 Å². The Hall–Kier alpha value is -2.63. The zero-order valence-corrected chi connectivity index (χ0v) is 14.6. The van der Waals surface area contributed by atoms with Gasteiger partial charge in [-0.05, 0) is 31.2 Å². The molecule has 0 aliphatic carbocycles. The minimum Gasteiger partial charge on any atom is -0.349 e. The van der Waals surface area contributed by atoms with Crippen molar-refractivity contribution in [2.45, 2.75) is 6.92 Å². The van der Waals surface area contributed by atoms with Crippen LogP contribution in [0.3, 0.4) is 0 Å². The Bertz CT molecular complexity index is 1210. The Morgan fingerprint density at radius 3 is 2.84 bits per heavy atom. The quantitative estimate of drug-likeness (QED) is 0.532. The summed E-state index contributed by atoms with van der Waals surface area (Å²) in [6, 6.07) is 11.0. The van der Waals surface area contributed by atoms with Gasteiger partial charge >= 0.3 is 0 Å². The molecule has 7 heteroatoms. The Labute approximate surface area is 152 Å². The van der Waals surface area contributed by atoms with E-state index in [-0.39, 0.29) is 5.56 Å². The van der Waals surface area contributed by atoms with Crippen molar-refractivity contribution in [3.05, 3.63) is 74.3 Å². The summed E-state index contributed by atoms with van der Waals surface area (Å²) in [7, 11) is 0. The fourth-order valence-electron chi connectivity index (χ4n) is 2.67. The number of H-pyrrole nitrogens is 1. The van der Waals surface area contributed by atoms with Crippen LogP contribution in [0.4, 0.5) is 0 Å². The van der Waals surface area contributed by atoms with E-state index in [2.05, 4.69) is 15.1 Å². The van der Waals surface area contributed by atoms with Crippen molar-refractivity contribution in [1.82, 2.24) is 14.6 Å². The van der Waals surface area contributed by atoms with Crippen molar-refractivity contribution >= 4 is 51.4 Å². The van der Waals surface area contributed by atoms with Gasteiger partial charge in [-0.25, -0.2) is 4.98 Å². The zero-order chi connectivity index (χ0) is 17.6. The third-order valence-electron chi connectivity index (χ3n) is 3.93. The summed E-state index contributed by atoms with van der Waals surface area (Å²) in [5.41, 5.74) is 3.41. The molecule has 0 unspecified atom stereocenters. The number of nitrogens with zero attached hydrogens (tertiary/aromatic N) is 3. The van der Waals surface area contributed by atoms with Gasteiger partial charge in [0.2, 0.25) is 0 Å². The number of halogens is 2. The van der Waals surface area contributed by atoms with Crippen LogP contribution >= 0.6 is 23.2 Å². The Morgan fingerprint density at radius 1 is 1.20 bits per heavy atom. The molecule has 2 heterocycles. The molecule has 4 rings (SSSR count). The topological polar surface area (TPSA) is 63.0 Å². The van der Waals surface area contributed by atoms with Gasteiger partial charge < -0.3 is 4.98 Å². The summed E-state index contributed by atoms with van der Waals surface area (Å²) >= 11 is 12.0. The molecule has 0 amide bonds. The summed E-state index contributed by atoms with van der Waals surface area (Å²) in [4.78, 5) is 20.2. The lowest BCUT2D eigenvalue weighted by atomic mass is 10.2. The molecule has 124 valence electrons. The van der Waals surface area contributed by atoms with E-state index in [0.29, 0.717) is 26.6 Å². The van der Waals surface area contributed by atoms with Crippen molar-refractivity contribution in [2.24, 2.45) is 5.10 Å². The van der Waals surface area contributed by atoms with Crippen LogP contribution in [0, 0.1) is 6.92 Å². The third-order valence-corrected chi connectivity index (χ3v) is 4.49. The zero-order valence-electron chi connectivity index (χ0n) is 13.1. The maximum atomic E-state index is 12.7. The second-order valence-corrected chi connectivity index (χ2v) is 6.55. The summed E-state index contributed by atoms with van der Waals surface area (Å²) in [6.45, 7) is 2.00. The molecule has 2 aromatic carbocycles. The van der Waals surface area contributed by atoms with E-state index in [1.807, 2.05) is 25.1 Å². The number of nitrogens with one attached hydrogen (secondary N) is 1. The fourth-order valence-corrected chi connectivity index (χ4v) is 3.13. The summed E-state index contributed by atoms with van der Waals surface area (Å²) in [6.07, 6.45) is 2.90. The standard InChI is InChI=1S/C18H12Cl2N4O/c1-10-2-5-15-13(6-10)16-17(23-15)18(25)24(9-21-16)22-8-11-3-4-12(19)7-14(11)20/h2-9,23H,1H3/b22-8-. The summed E-state index contributed by atoms with van der Waals surface area (Å²) in [5, 5.41) is 6.09. The van der Waals surface area contributed by atoms with E-state index in [1.165, 1.54) is 17.2 Å². The molecule has 1 N–H and O–H groups in total. The molecule has 4 aromatic rings. The molecule has 2 aromatic heterocycles. The molecule has 5 nitrogen and oxygen atoms in total. The van der Waals surface area contributed by atoms with Crippen molar-refractivity contribution in [3.8, 4) is 0 Å². The number of aryl methyl sites for hydroxylation is 1. The molecule has 0 aliphatic rings. The molecule has 0 bridgehead atoms.